The minimum atomic E-state index is -0.918. The van der Waals surface area contributed by atoms with E-state index in [0.717, 1.165) is 61.3 Å². The summed E-state index contributed by atoms with van der Waals surface area (Å²) in [6, 6.07) is -0.0484. The molecule has 4 fully saturated rings. The van der Waals surface area contributed by atoms with E-state index in [1.54, 1.807) is 6.08 Å². The van der Waals surface area contributed by atoms with Crippen molar-refractivity contribution in [2.75, 3.05) is 13.1 Å². The first-order valence-electron chi connectivity index (χ1n) is 14.7. The first kappa shape index (κ1) is 29.9. The Morgan fingerprint density at radius 1 is 1.12 bits per heavy atom. The molecule has 0 radical (unpaired) electrons. The number of aromatic amines is 1. The Balaban J connectivity index is 1.19. The van der Waals surface area contributed by atoms with Crippen LogP contribution in [0.25, 0.3) is 6.08 Å². The second kappa shape index (κ2) is 11.6. The van der Waals surface area contributed by atoms with Crippen molar-refractivity contribution in [3.05, 3.63) is 70.6 Å². The largest absolute Gasteiger partial charge is 0.465 e. The number of H-pyrrole nitrogens is 1. The van der Waals surface area contributed by atoms with Crippen LogP contribution in [-0.2, 0) is 4.79 Å². The molecule has 1 aromatic heterocycles. The number of nitrogens with zero attached hydrogens (tertiary/aromatic N) is 4. The van der Waals surface area contributed by atoms with Crippen molar-refractivity contribution in [1.29, 1.82) is 0 Å². The lowest BCUT2D eigenvalue weighted by Gasteiger charge is -2.15. The van der Waals surface area contributed by atoms with E-state index in [1.165, 1.54) is 17.7 Å². The summed E-state index contributed by atoms with van der Waals surface area (Å²) < 4.78 is 0. The van der Waals surface area contributed by atoms with E-state index in [-0.39, 0.29) is 11.5 Å². The number of rotatable bonds is 6. The Labute approximate surface area is 254 Å². The summed E-state index contributed by atoms with van der Waals surface area (Å²) in [5.74, 6) is 13.1. The average molecular weight is 578 g/mol. The normalized spacial score (nSPS) is 22.7. The molecule has 4 aliphatic rings. The number of amides is 2. The molecule has 0 bridgehead atoms. The van der Waals surface area contributed by atoms with E-state index in [1.807, 2.05) is 44.7 Å². The molecule has 2 amide bonds. The second-order valence-electron chi connectivity index (χ2n) is 12.6. The smallest absolute Gasteiger partial charge is 0.411 e. The highest BCUT2D eigenvalue weighted by molar-refractivity contribution is 6.00. The monoisotopic (exact) mass is 577 g/mol. The summed E-state index contributed by atoms with van der Waals surface area (Å²) in [5.41, 5.74) is 6.47. The van der Waals surface area contributed by atoms with Crippen LogP contribution >= 0.6 is 0 Å². The van der Waals surface area contributed by atoms with Gasteiger partial charge in [-0.1, -0.05) is 37.0 Å². The Hall–Kier alpha value is -4.56. The lowest BCUT2D eigenvalue weighted by molar-refractivity contribution is -0.118. The number of carbonyl (C=O) groups excluding carboxylic acids is 1. The first-order valence-corrected chi connectivity index (χ1v) is 14.7. The molecule has 5 rings (SSSR count). The highest BCUT2D eigenvalue weighted by Gasteiger charge is 2.52. The van der Waals surface area contributed by atoms with Gasteiger partial charge in [0.15, 0.2) is 5.82 Å². The molecule has 1 atom stereocenters. The van der Waals surface area contributed by atoms with Crippen molar-refractivity contribution in [3.63, 3.8) is 0 Å². The zero-order valence-electron chi connectivity index (χ0n) is 25.5. The number of aryl methyl sites for hydroxylation is 1. The van der Waals surface area contributed by atoms with Gasteiger partial charge >= 0.3 is 6.09 Å². The molecule has 8 heteroatoms. The molecule has 0 aromatic carbocycles. The maximum absolute atomic E-state index is 11.7. The zero-order chi connectivity index (χ0) is 30.9. The topological polar surface area (TPSA) is 102 Å². The fourth-order valence-corrected chi connectivity index (χ4v) is 5.83. The molecule has 43 heavy (non-hydrogen) atoms. The number of imidazole rings is 1. The van der Waals surface area contributed by atoms with Gasteiger partial charge in [0.05, 0.1) is 17.4 Å². The molecule has 2 spiro atoms. The van der Waals surface area contributed by atoms with Crippen LogP contribution < -0.4 is 0 Å². The molecule has 8 nitrogen and oxygen atoms in total. The van der Waals surface area contributed by atoms with Gasteiger partial charge in [0.1, 0.15) is 0 Å². The van der Waals surface area contributed by atoms with Crippen LogP contribution in [0.2, 0.25) is 0 Å². The van der Waals surface area contributed by atoms with Gasteiger partial charge in [-0.2, -0.15) is 0 Å². The number of nitrogens with one attached hydrogen (secondary N) is 1. The second-order valence-corrected chi connectivity index (χ2v) is 12.6. The third-order valence-electron chi connectivity index (χ3n) is 8.94. The molecular formula is C35H39N5O3. The molecule has 2 N–H and O–H groups in total. The molecule has 1 unspecified atom stereocenters. The van der Waals surface area contributed by atoms with Gasteiger partial charge < -0.3 is 15.0 Å². The lowest BCUT2D eigenvalue weighted by Crippen LogP contribution is -2.26. The van der Waals surface area contributed by atoms with Gasteiger partial charge in [0.2, 0.25) is 6.41 Å². The summed E-state index contributed by atoms with van der Waals surface area (Å²) in [6.45, 7) is 17.1. The maximum atomic E-state index is 11.7. The average Bonchev–Trinajstić information content (AvgIpc) is 3.77. The van der Waals surface area contributed by atoms with E-state index in [4.69, 9.17) is 0 Å². The Morgan fingerprint density at radius 3 is 2.49 bits per heavy atom. The van der Waals surface area contributed by atoms with E-state index >= 15 is 0 Å². The van der Waals surface area contributed by atoms with Crippen LogP contribution in [0.15, 0.2) is 58.4 Å². The van der Waals surface area contributed by atoms with Crippen molar-refractivity contribution < 1.29 is 14.7 Å². The van der Waals surface area contributed by atoms with Crippen LogP contribution in [0.1, 0.15) is 76.5 Å². The van der Waals surface area contributed by atoms with Gasteiger partial charge in [0, 0.05) is 41.3 Å². The summed E-state index contributed by atoms with van der Waals surface area (Å²) in [5, 5.41) is 9.63. The highest BCUT2D eigenvalue weighted by Crippen LogP contribution is 2.56. The zero-order valence-corrected chi connectivity index (χ0v) is 25.5. The van der Waals surface area contributed by atoms with Crippen LogP contribution in [0, 0.1) is 41.4 Å². The third-order valence-corrected chi connectivity index (χ3v) is 8.94. The number of allylic oxidation sites excluding steroid dienone is 7. The first-order chi connectivity index (χ1) is 20.4. The van der Waals surface area contributed by atoms with Gasteiger partial charge in [-0.05, 0) is 101 Å². The van der Waals surface area contributed by atoms with Crippen molar-refractivity contribution >= 4 is 24.3 Å². The van der Waals surface area contributed by atoms with Crippen LogP contribution in [0.3, 0.4) is 0 Å². The van der Waals surface area contributed by atoms with Crippen molar-refractivity contribution in [1.82, 2.24) is 19.8 Å². The summed E-state index contributed by atoms with van der Waals surface area (Å²) in [6.07, 6.45) is 11.8. The SMILES string of the molecule is C=C(C#C/C(C)=C/c1nc(C#CC2CC3(CC3)CN2C=O)[nH]c1C)/C=C\C(=C)C(C)=N/C(C)=C1/CC2(CC2)CN1C(=O)O. The number of aromatic nitrogens is 2. The standard InChI is InChI=1S/C35H39N5O3/c1-23(9-10-25(3)26(4)36-28(6)31-19-35(15-16-35)21-40(31)33(42)43)7-8-24(2)17-30-27(5)37-32(38-30)12-11-29-18-34(13-14-34)20-39(29)22-41/h9-10,17,22,29H,1,3,13-16,18-21H2,2,4-6H3,(H,37,38)(H,42,43)/b10-9-,24-17+,31-28-,36-26?. The Morgan fingerprint density at radius 2 is 1.84 bits per heavy atom. The number of carbonyl (C=O) groups is 2. The summed E-state index contributed by atoms with van der Waals surface area (Å²) in [4.78, 5) is 39.0. The van der Waals surface area contributed by atoms with Gasteiger partial charge in [-0.3, -0.25) is 14.7 Å². The number of likely N-dealkylation sites (tertiary alicyclic amines) is 2. The fourth-order valence-electron chi connectivity index (χ4n) is 5.83. The van der Waals surface area contributed by atoms with Crippen LogP contribution in [0.4, 0.5) is 4.79 Å². The van der Waals surface area contributed by atoms with Crippen LogP contribution in [-0.4, -0.2) is 62.2 Å². The Bertz CT molecular complexity index is 1640. The molecule has 2 saturated heterocycles. The van der Waals surface area contributed by atoms with E-state index in [2.05, 4.69) is 51.8 Å². The van der Waals surface area contributed by atoms with Crippen molar-refractivity contribution in [2.24, 2.45) is 15.8 Å². The van der Waals surface area contributed by atoms with Gasteiger partial charge in [0.25, 0.3) is 0 Å². The van der Waals surface area contributed by atoms with Gasteiger partial charge in [-0.25, -0.2) is 9.78 Å². The summed E-state index contributed by atoms with van der Waals surface area (Å²) >= 11 is 0. The quantitative estimate of drug-likeness (QED) is 0.187. The molecule has 1 aromatic rings. The molecule has 222 valence electrons. The third kappa shape index (κ3) is 6.92. The number of carboxylic acid groups (broad SMARTS) is 1. The van der Waals surface area contributed by atoms with Crippen molar-refractivity contribution in [2.45, 2.75) is 72.3 Å². The number of hydrogen-bond donors (Lipinski definition) is 2. The predicted molar refractivity (Wildman–Crippen MR) is 169 cm³/mol. The van der Waals surface area contributed by atoms with E-state index in [9.17, 15) is 14.7 Å². The predicted octanol–water partition coefficient (Wildman–Crippen LogP) is 6.01. The Kier molecular flexibility index (Phi) is 8.08. The molecule has 2 saturated carbocycles. The van der Waals surface area contributed by atoms with E-state index < -0.39 is 6.09 Å². The van der Waals surface area contributed by atoms with E-state index in [0.29, 0.717) is 40.3 Å². The highest BCUT2D eigenvalue weighted by atomic mass is 16.4. The molecule has 2 aliphatic carbocycles. The fraction of sp³-hybridized carbons (Fsp3) is 0.429. The molecule has 2 aliphatic heterocycles. The summed E-state index contributed by atoms with van der Waals surface area (Å²) in [7, 11) is 0. The number of hydrogen-bond acceptors (Lipinski definition) is 4. The molecular weight excluding hydrogens is 538 g/mol. The van der Waals surface area contributed by atoms with Gasteiger partial charge in [-0.15, -0.1) is 0 Å². The van der Waals surface area contributed by atoms with Crippen molar-refractivity contribution in [3.8, 4) is 23.7 Å². The lowest BCUT2D eigenvalue weighted by atomic mass is 10.0. The maximum Gasteiger partial charge on any atom is 0.411 e. The molecule has 3 heterocycles. The number of aliphatic imine (C=N–C) groups is 1. The minimum Gasteiger partial charge on any atom is -0.465 e. The van der Waals surface area contributed by atoms with Crippen LogP contribution in [0.5, 0.6) is 0 Å². The minimum absolute atomic E-state index is 0.0484.